The lowest BCUT2D eigenvalue weighted by atomic mass is 9.84. The first kappa shape index (κ1) is 17.6. The largest absolute Gasteiger partial charge is 0.508 e. The van der Waals surface area contributed by atoms with Crippen LogP contribution >= 0.6 is 0 Å². The average molecular weight is 330 g/mol. The van der Waals surface area contributed by atoms with Gasteiger partial charge < -0.3 is 15.7 Å². The summed E-state index contributed by atoms with van der Waals surface area (Å²) in [5.74, 6) is -2.39. The van der Waals surface area contributed by atoms with Crippen LogP contribution in [0.4, 0.5) is 13.2 Å². The van der Waals surface area contributed by atoms with Crippen molar-refractivity contribution in [2.45, 2.75) is 50.4 Å². The highest BCUT2D eigenvalue weighted by atomic mass is 19.4. The lowest BCUT2D eigenvalue weighted by molar-refractivity contribution is -0.174. The van der Waals surface area contributed by atoms with Crippen molar-refractivity contribution in [3.8, 4) is 5.75 Å². The topological polar surface area (TPSA) is 61.4 Å². The molecule has 0 spiro atoms. The summed E-state index contributed by atoms with van der Waals surface area (Å²) in [4.78, 5) is 11.4. The summed E-state index contributed by atoms with van der Waals surface area (Å²) in [6.45, 7) is 2.42. The molecule has 128 valence electrons. The van der Waals surface area contributed by atoms with Gasteiger partial charge in [-0.25, -0.2) is 0 Å². The molecule has 1 fully saturated rings. The molecule has 1 aliphatic rings. The predicted octanol–water partition coefficient (Wildman–Crippen LogP) is 2.68. The van der Waals surface area contributed by atoms with Crippen LogP contribution in [0.1, 0.15) is 37.7 Å². The van der Waals surface area contributed by atoms with Gasteiger partial charge in [0.2, 0.25) is 0 Å². The van der Waals surface area contributed by atoms with Gasteiger partial charge in [-0.1, -0.05) is 31.5 Å². The number of aromatic hydroxyl groups is 1. The zero-order chi connectivity index (χ0) is 17.0. The van der Waals surface area contributed by atoms with Crippen LogP contribution in [-0.4, -0.2) is 35.8 Å². The Balaban J connectivity index is 2.25. The number of hydrogen-bond donors (Lipinski definition) is 3. The van der Waals surface area contributed by atoms with E-state index in [2.05, 4.69) is 10.6 Å². The molecule has 0 saturated carbocycles. The Morgan fingerprint density at radius 2 is 2.04 bits per heavy atom. The molecule has 4 nitrogen and oxygen atoms in total. The molecule has 0 aliphatic carbocycles. The van der Waals surface area contributed by atoms with E-state index in [9.17, 15) is 23.1 Å². The summed E-state index contributed by atoms with van der Waals surface area (Å²) in [5.41, 5.74) is 0.521. The lowest BCUT2D eigenvalue weighted by Gasteiger charge is -2.36. The summed E-state index contributed by atoms with van der Waals surface area (Å²) < 4.78 is 37.9. The molecule has 0 aromatic heterocycles. The van der Waals surface area contributed by atoms with Gasteiger partial charge in [-0.15, -0.1) is 0 Å². The molecule has 1 aromatic rings. The Kier molecular flexibility index (Phi) is 5.51. The van der Waals surface area contributed by atoms with Crippen molar-refractivity contribution in [3.05, 3.63) is 29.8 Å². The molecule has 3 N–H and O–H groups in total. The molecule has 2 rings (SSSR count). The molecule has 1 saturated heterocycles. The van der Waals surface area contributed by atoms with Crippen LogP contribution in [0.15, 0.2) is 24.3 Å². The number of alkyl halides is 3. The maximum absolute atomic E-state index is 12.6. The van der Waals surface area contributed by atoms with E-state index in [0.717, 1.165) is 12.8 Å². The number of nitrogens with one attached hydrogen (secondary N) is 2. The maximum atomic E-state index is 12.6. The van der Waals surface area contributed by atoms with Crippen LogP contribution in [-0.2, 0) is 4.79 Å². The first-order valence-electron chi connectivity index (χ1n) is 7.69. The predicted molar refractivity (Wildman–Crippen MR) is 80.1 cm³/mol. The normalized spacial score (nSPS) is 21.5. The van der Waals surface area contributed by atoms with Crippen molar-refractivity contribution in [1.82, 2.24) is 10.6 Å². The standard InChI is InChI=1S/C16H21F3N2O2/c1-10(11-6-2-3-8-13(11)22)14(12-7-4-5-9-20-12)21-15(23)16(17,18)19/h2-3,6,8,10,12,14,20,22H,4-5,7,9H2,1H3,(H,21,23)/t10-,12?,14+/m1/s1. The van der Waals surface area contributed by atoms with Crippen LogP contribution in [0.5, 0.6) is 5.75 Å². The number of piperidine rings is 1. The van der Waals surface area contributed by atoms with Gasteiger partial charge in [0.15, 0.2) is 0 Å². The molecule has 23 heavy (non-hydrogen) atoms. The number of benzene rings is 1. The zero-order valence-corrected chi connectivity index (χ0v) is 12.9. The summed E-state index contributed by atoms with van der Waals surface area (Å²) in [5, 5.41) is 15.3. The van der Waals surface area contributed by atoms with E-state index in [1.165, 1.54) is 6.07 Å². The highest BCUT2D eigenvalue weighted by Gasteiger charge is 2.42. The fourth-order valence-electron chi connectivity index (χ4n) is 3.06. The minimum absolute atomic E-state index is 0.0158. The highest BCUT2D eigenvalue weighted by Crippen LogP contribution is 2.31. The second-order valence-corrected chi connectivity index (χ2v) is 5.90. The van der Waals surface area contributed by atoms with Crippen LogP contribution < -0.4 is 10.6 Å². The molecule has 0 radical (unpaired) electrons. The summed E-state index contributed by atoms with van der Waals surface area (Å²) in [6, 6.07) is 5.50. The molecular weight excluding hydrogens is 309 g/mol. The average Bonchev–Trinajstić information content (AvgIpc) is 2.52. The summed E-state index contributed by atoms with van der Waals surface area (Å²) in [6.07, 6.45) is -2.39. The maximum Gasteiger partial charge on any atom is 0.471 e. The van der Waals surface area contributed by atoms with Crippen molar-refractivity contribution in [2.24, 2.45) is 0 Å². The third-order valence-electron chi connectivity index (χ3n) is 4.30. The van der Waals surface area contributed by atoms with Gasteiger partial charge in [0.05, 0.1) is 6.04 Å². The van der Waals surface area contributed by atoms with Gasteiger partial charge >= 0.3 is 12.1 Å². The Hall–Kier alpha value is -1.76. The lowest BCUT2D eigenvalue weighted by Crippen LogP contribution is -2.56. The van der Waals surface area contributed by atoms with Crippen LogP contribution in [0, 0.1) is 0 Å². The number of halogens is 3. The highest BCUT2D eigenvalue weighted by molar-refractivity contribution is 5.82. The monoisotopic (exact) mass is 330 g/mol. The number of para-hydroxylation sites is 1. The van der Waals surface area contributed by atoms with E-state index in [1.54, 1.807) is 25.1 Å². The Labute approximate surface area is 133 Å². The third kappa shape index (κ3) is 4.37. The van der Waals surface area contributed by atoms with Crippen LogP contribution in [0.25, 0.3) is 0 Å². The fourth-order valence-corrected chi connectivity index (χ4v) is 3.06. The summed E-state index contributed by atoms with van der Waals surface area (Å²) in [7, 11) is 0. The molecule has 3 atom stereocenters. The van der Waals surface area contributed by atoms with E-state index in [1.807, 2.05) is 0 Å². The molecular formula is C16H21F3N2O2. The molecule has 0 bridgehead atoms. The fraction of sp³-hybridized carbons (Fsp3) is 0.562. The quantitative estimate of drug-likeness (QED) is 0.795. The van der Waals surface area contributed by atoms with Crippen molar-refractivity contribution >= 4 is 5.91 Å². The van der Waals surface area contributed by atoms with Gasteiger partial charge in [0, 0.05) is 12.0 Å². The van der Waals surface area contributed by atoms with Crippen LogP contribution in [0.3, 0.4) is 0 Å². The number of rotatable bonds is 4. The van der Waals surface area contributed by atoms with Gasteiger partial charge in [0.1, 0.15) is 5.75 Å². The van der Waals surface area contributed by atoms with Crippen molar-refractivity contribution < 1.29 is 23.1 Å². The number of phenolic OH excluding ortho intramolecular Hbond substituents is 1. The number of carbonyl (C=O) groups is 1. The molecule has 7 heteroatoms. The molecule has 1 heterocycles. The Bertz CT molecular complexity index is 542. The van der Waals surface area contributed by atoms with Crippen molar-refractivity contribution in [3.63, 3.8) is 0 Å². The number of carbonyl (C=O) groups excluding carboxylic acids is 1. The van der Waals surface area contributed by atoms with Gasteiger partial charge in [-0.3, -0.25) is 4.79 Å². The van der Waals surface area contributed by atoms with Gasteiger partial charge in [0.25, 0.3) is 0 Å². The first-order chi connectivity index (χ1) is 10.8. The zero-order valence-electron chi connectivity index (χ0n) is 12.9. The molecule has 1 aliphatic heterocycles. The SMILES string of the molecule is C[C@H](c1ccccc1O)[C@H](NC(=O)C(F)(F)F)C1CCCCN1. The Morgan fingerprint density at radius 3 is 2.61 bits per heavy atom. The molecule has 1 aromatic carbocycles. The van der Waals surface area contributed by atoms with Gasteiger partial charge in [-0.2, -0.15) is 13.2 Å². The van der Waals surface area contributed by atoms with Crippen LogP contribution in [0.2, 0.25) is 0 Å². The number of hydrogen-bond acceptors (Lipinski definition) is 3. The number of phenols is 1. The van der Waals surface area contributed by atoms with E-state index in [0.29, 0.717) is 18.5 Å². The van der Waals surface area contributed by atoms with Crippen molar-refractivity contribution in [1.29, 1.82) is 0 Å². The minimum atomic E-state index is -4.93. The number of amides is 1. The molecule has 1 unspecified atom stereocenters. The molecule has 1 amide bonds. The smallest absolute Gasteiger partial charge is 0.471 e. The Morgan fingerprint density at radius 1 is 1.35 bits per heavy atom. The second-order valence-electron chi connectivity index (χ2n) is 5.90. The third-order valence-corrected chi connectivity index (χ3v) is 4.30. The van der Waals surface area contributed by atoms with E-state index < -0.39 is 24.0 Å². The van der Waals surface area contributed by atoms with E-state index >= 15 is 0 Å². The second kappa shape index (κ2) is 7.21. The first-order valence-corrected chi connectivity index (χ1v) is 7.69. The van der Waals surface area contributed by atoms with E-state index in [4.69, 9.17) is 0 Å². The summed E-state index contributed by atoms with van der Waals surface area (Å²) >= 11 is 0. The minimum Gasteiger partial charge on any atom is -0.508 e. The van der Waals surface area contributed by atoms with Crippen molar-refractivity contribution in [2.75, 3.05) is 6.54 Å². The van der Waals surface area contributed by atoms with E-state index in [-0.39, 0.29) is 11.8 Å². The van der Waals surface area contributed by atoms with Gasteiger partial charge in [-0.05, 0) is 31.0 Å².